The summed E-state index contributed by atoms with van der Waals surface area (Å²) in [6.45, 7) is 0. The zero-order valence-electron chi connectivity index (χ0n) is 12.5. The highest BCUT2D eigenvalue weighted by molar-refractivity contribution is 7.95. The summed E-state index contributed by atoms with van der Waals surface area (Å²) in [6, 6.07) is 15.9. The minimum atomic E-state index is -3.69. The van der Waals surface area contributed by atoms with Gasteiger partial charge in [0, 0.05) is 17.4 Å². The first-order chi connectivity index (χ1) is 11.5. The van der Waals surface area contributed by atoms with Crippen LogP contribution in [0.4, 0.5) is 5.69 Å². The van der Waals surface area contributed by atoms with Crippen LogP contribution in [0.15, 0.2) is 72.4 Å². The van der Waals surface area contributed by atoms with Crippen molar-refractivity contribution in [1.82, 2.24) is 9.78 Å². The molecule has 7 heteroatoms. The van der Waals surface area contributed by atoms with E-state index in [1.165, 1.54) is 6.08 Å². The SMILES string of the molecule is O=S(=O)(/C=C/c1ccccc1)Nc1cc(Cl)ccc1-n1cccn1. The second-order valence-electron chi connectivity index (χ2n) is 4.97. The minimum Gasteiger partial charge on any atom is -0.278 e. The lowest BCUT2D eigenvalue weighted by atomic mass is 10.2. The average Bonchev–Trinajstić information content (AvgIpc) is 3.08. The van der Waals surface area contributed by atoms with Gasteiger partial charge in [0.2, 0.25) is 0 Å². The van der Waals surface area contributed by atoms with Crippen molar-refractivity contribution in [2.45, 2.75) is 0 Å². The molecule has 3 rings (SSSR count). The number of aromatic nitrogens is 2. The lowest BCUT2D eigenvalue weighted by molar-refractivity contribution is 0.609. The largest absolute Gasteiger partial charge is 0.278 e. The zero-order valence-corrected chi connectivity index (χ0v) is 14.1. The predicted octanol–water partition coefficient (Wildman–Crippen LogP) is 3.94. The molecule has 1 N–H and O–H groups in total. The van der Waals surface area contributed by atoms with Crippen LogP contribution < -0.4 is 4.72 Å². The molecular formula is C17H14ClN3O2S. The molecule has 0 saturated carbocycles. The fourth-order valence-electron chi connectivity index (χ4n) is 2.12. The molecule has 0 saturated heterocycles. The molecular weight excluding hydrogens is 346 g/mol. The molecule has 0 aliphatic heterocycles. The summed E-state index contributed by atoms with van der Waals surface area (Å²) in [5.74, 6) is 0. The van der Waals surface area contributed by atoms with Crippen LogP contribution in [0, 0.1) is 0 Å². The monoisotopic (exact) mass is 359 g/mol. The van der Waals surface area contributed by atoms with Gasteiger partial charge in [0.15, 0.2) is 0 Å². The summed E-state index contributed by atoms with van der Waals surface area (Å²) in [4.78, 5) is 0. The highest BCUT2D eigenvalue weighted by Crippen LogP contribution is 2.25. The number of nitrogens with one attached hydrogen (secondary N) is 1. The lowest BCUT2D eigenvalue weighted by Gasteiger charge is -2.11. The molecule has 5 nitrogen and oxygen atoms in total. The Hall–Kier alpha value is -2.57. The van der Waals surface area contributed by atoms with E-state index in [0.29, 0.717) is 16.4 Å². The first-order valence-electron chi connectivity index (χ1n) is 7.09. The van der Waals surface area contributed by atoms with Crippen LogP contribution in [-0.4, -0.2) is 18.2 Å². The Balaban J connectivity index is 1.90. The van der Waals surface area contributed by atoms with E-state index in [4.69, 9.17) is 11.6 Å². The number of halogens is 1. The van der Waals surface area contributed by atoms with Crippen LogP contribution in [0.2, 0.25) is 5.02 Å². The van der Waals surface area contributed by atoms with Crippen LogP contribution in [0.1, 0.15) is 5.56 Å². The van der Waals surface area contributed by atoms with E-state index in [9.17, 15) is 8.42 Å². The van der Waals surface area contributed by atoms with Crippen molar-refractivity contribution in [3.63, 3.8) is 0 Å². The van der Waals surface area contributed by atoms with Crippen LogP contribution in [0.25, 0.3) is 11.8 Å². The number of benzene rings is 2. The molecule has 0 amide bonds. The molecule has 1 heterocycles. The Morgan fingerprint density at radius 3 is 2.58 bits per heavy atom. The molecule has 0 bridgehead atoms. The molecule has 0 unspecified atom stereocenters. The van der Waals surface area contributed by atoms with Crippen LogP contribution in [-0.2, 0) is 10.0 Å². The first kappa shape index (κ1) is 16.3. The average molecular weight is 360 g/mol. The quantitative estimate of drug-likeness (QED) is 0.750. The lowest BCUT2D eigenvalue weighted by Crippen LogP contribution is -2.11. The molecule has 0 radical (unpaired) electrons. The van der Waals surface area contributed by atoms with Gasteiger partial charge in [-0.3, -0.25) is 4.72 Å². The van der Waals surface area contributed by atoms with Gasteiger partial charge < -0.3 is 0 Å². The van der Waals surface area contributed by atoms with Gasteiger partial charge in [-0.15, -0.1) is 0 Å². The van der Waals surface area contributed by atoms with Gasteiger partial charge in [0.1, 0.15) is 0 Å². The van der Waals surface area contributed by atoms with Gasteiger partial charge in [0.25, 0.3) is 10.0 Å². The standard InChI is InChI=1S/C17H14ClN3O2S/c18-15-7-8-17(21-11-4-10-19-21)16(13-15)20-24(22,23)12-9-14-5-2-1-3-6-14/h1-13,20H/b12-9+. The molecule has 122 valence electrons. The number of anilines is 1. The van der Waals surface area contributed by atoms with Crippen molar-refractivity contribution < 1.29 is 8.42 Å². The molecule has 0 aliphatic carbocycles. The highest BCUT2D eigenvalue weighted by Gasteiger charge is 2.12. The van der Waals surface area contributed by atoms with E-state index in [2.05, 4.69) is 9.82 Å². The second-order valence-corrected chi connectivity index (χ2v) is 6.98. The van der Waals surface area contributed by atoms with Gasteiger partial charge in [-0.1, -0.05) is 41.9 Å². The summed E-state index contributed by atoms with van der Waals surface area (Å²) in [5.41, 5.74) is 1.73. The Bertz CT molecular complexity index is 953. The topological polar surface area (TPSA) is 64.0 Å². The number of rotatable bonds is 5. The third-order valence-electron chi connectivity index (χ3n) is 3.20. The number of sulfonamides is 1. The first-order valence-corrected chi connectivity index (χ1v) is 9.01. The Morgan fingerprint density at radius 1 is 1.08 bits per heavy atom. The maximum absolute atomic E-state index is 12.3. The molecule has 3 aromatic rings. The third-order valence-corrected chi connectivity index (χ3v) is 4.44. The van der Waals surface area contributed by atoms with E-state index in [0.717, 1.165) is 11.0 Å². The second kappa shape index (κ2) is 6.90. The van der Waals surface area contributed by atoms with Crippen LogP contribution in [0.3, 0.4) is 0 Å². The van der Waals surface area contributed by atoms with Crippen LogP contribution >= 0.6 is 11.6 Å². The van der Waals surface area contributed by atoms with E-state index < -0.39 is 10.0 Å². The Labute approximate surface area is 145 Å². The molecule has 0 spiro atoms. The summed E-state index contributed by atoms with van der Waals surface area (Å²) < 4.78 is 28.8. The fraction of sp³-hybridized carbons (Fsp3) is 0. The third kappa shape index (κ3) is 4.04. The van der Waals surface area contributed by atoms with Gasteiger partial charge in [0.05, 0.1) is 16.8 Å². The predicted molar refractivity (Wildman–Crippen MR) is 96.6 cm³/mol. The highest BCUT2D eigenvalue weighted by atomic mass is 35.5. The van der Waals surface area contributed by atoms with E-state index in [1.807, 2.05) is 30.3 Å². The van der Waals surface area contributed by atoms with Crippen molar-refractivity contribution >= 4 is 33.4 Å². The summed E-state index contributed by atoms with van der Waals surface area (Å²) >= 11 is 6.00. The molecule has 2 aromatic carbocycles. The van der Waals surface area contributed by atoms with Crippen molar-refractivity contribution in [1.29, 1.82) is 0 Å². The van der Waals surface area contributed by atoms with Gasteiger partial charge >= 0.3 is 0 Å². The summed E-state index contributed by atoms with van der Waals surface area (Å²) in [5, 5.41) is 5.67. The van der Waals surface area contributed by atoms with E-state index in [1.54, 1.807) is 41.3 Å². The maximum Gasteiger partial charge on any atom is 0.255 e. The number of hydrogen-bond acceptors (Lipinski definition) is 3. The van der Waals surface area contributed by atoms with Crippen molar-refractivity contribution in [2.24, 2.45) is 0 Å². The van der Waals surface area contributed by atoms with Gasteiger partial charge in [-0.2, -0.15) is 5.10 Å². The smallest absolute Gasteiger partial charge is 0.255 e. The normalized spacial score (nSPS) is 11.7. The van der Waals surface area contributed by atoms with Crippen LogP contribution in [0.5, 0.6) is 0 Å². The van der Waals surface area contributed by atoms with Crippen molar-refractivity contribution in [3.8, 4) is 5.69 Å². The Kier molecular flexibility index (Phi) is 4.69. The van der Waals surface area contributed by atoms with Gasteiger partial charge in [-0.05, 0) is 35.9 Å². The van der Waals surface area contributed by atoms with Crippen molar-refractivity contribution in [2.75, 3.05) is 4.72 Å². The number of hydrogen-bond donors (Lipinski definition) is 1. The maximum atomic E-state index is 12.3. The minimum absolute atomic E-state index is 0.351. The van der Waals surface area contributed by atoms with Crippen molar-refractivity contribution in [3.05, 3.63) is 83.0 Å². The molecule has 24 heavy (non-hydrogen) atoms. The molecule has 0 atom stereocenters. The zero-order chi connectivity index (χ0) is 17.0. The van der Waals surface area contributed by atoms with E-state index >= 15 is 0 Å². The Morgan fingerprint density at radius 2 is 1.88 bits per heavy atom. The van der Waals surface area contributed by atoms with E-state index in [-0.39, 0.29) is 0 Å². The molecule has 0 fully saturated rings. The van der Waals surface area contributed by atoms with Gasteiger partial charge in [-0.25, -0.2) is 13.1 Å². The molecule has 1 aromatic heterocycles. The summed E-state index contributed by atoms with van der Waals surface area (Å²) in [7, 11) is -3.69. The molecule has 0 aliphatic rings. The number of nitrogens with zero attached hydrogens (tertiary/aromatic N) is 2. The fourth-order valence-corrected chi connectivity index (χ4v) is 3.17. The summed E-state index contributed by atoms with van der Waals surface area (Å²) in [6.07, 6.45) is 4.86.